The first-order chi connectivity index (χ1) is 13.0. The van der Waals surface area contributed by atoms with Crippen LogP contribution in [0, 0.1) is 5.82 Å². The molecule has 4 heteroatoms. The highest BCUT2D eigenvalue weighted by atomic mass is 35.5. The predicted molar refractivity (Wildman–Crippen MR) is 112 cm³/mol. The lowest BCUT2D eigenvalue weighted by molar-refractivity contribution is 0.628. The van der Waals surface area contributed by atoms with Crippen LogP contribution in [0.15, 0.2) is 95.4 Å². The van der Waals surface area contributed by atoms with Gasteiger partial charge in [0.2, 0.25) is 0 Å². The number of rotatable bonds is 4. The average Bonchev–Trinajstić information content (AvgIpc) is 2.70. The van der Waals surface area contributed by atoms with E-state index in [-0.39, 0.29) is 5.02 Å². The molecule has 3 rings (SSSR count). The fraction of sp³-hybridized carbons (Fsp3) is 0.0435. The van der Waals surface area contributed by atoms with E-state index in [1.807, 2.05) is 67.6 Å². The fourth-order valence-electron chi connectivity index (χ4n) is 2.51. The highest BCUT2D eigenvalue weighted by Gasteiger charge is 2.08. The second-order valence-electron chi connectivity index (χ2n) is 5.94. The summed E-state index contributed by atoms with van der Waals surface area (Å²) in [5.74, 6) is 0.0741. The SMILES string of the molecule is C=C(N=C(N=C(C)c1ccc(F)c(Cl)c1)c1ccccc1)c1ccccc1. The van der Waals surface area contributed by atoms with Crippen LogP contribution in [0.5, 0.6) is 0 Å². The summed E-state index contributed by atoms with van der Waals surface area (Å²) in [6, 6.07) is 23.9. The Morgan fingerprint density at radius 2 is 1.41 bits per heavy atom. The molecule has 0 fully saturated rings. The monoisotopic (exact) mass is 376 g/mol. The Bertz CT molecular complexity index is 1010. The predicted octanol–water partition coefficient (Wildman–Crippen LogP) is 6.41. The van der Waals surface area contributed by atoms with Gasteiger partial charge in [0.15, 0.2) is 5.84 Å². The number of benzene rings is 3. The largest absolute Gasteiger partial charge is 0.233 e. The van der Waals surface area contributed by atoms with Crippen LogP contribution in [-0.2, 0) is 0 Å². The van der Waals surface area contributed by atoms with Crippen LogP contribution in [0.2, 0.25) is 5.02 Å². The number of halogens is 2. The molecule has 0 N–H and O–H groups in total. The Morgan fingerprint density at radius 3 is 2.00 bits per heavy atom. The number of amidine groups is 1. The topological polar surface area (TPSA) is 24.7 Å². The first kappa shape index (κ1) is 18.7. The number of aliphatic imine (C=N–C) groups is 2. The maximum atomic E-state index is 13.4. The van der Waals surface area contributed by atoms with E-state index in [1.54, 1.807) is 12.1 Å². The summed E-state index contributed by atoms with van der Waals surface area (Å²) in [6.07, 6.45) is 0. The van der Waals surface area contributed by atoms with Crippen molar-refractivity contribution in [3.63, 3.8) is 0 Å². The molecule has 134 valence electrons. The van der Waals surface area contributed by atoms with Gasteiger partial charge in [0.1, 0.15) is 5.82 Å². The van der Waals surface area contributed by atoms with E-state index in [2.05, 4.69) is 16.6 Å². The van der Waals surface area contributed by atoms with Crippen molar-refractivity contribution < 1.29 is 4.39 Å². The minimum atomic E-state index is -0.456. The molecule has 0 radical (unpaired) electrons. The molecule has 3 aromatic rings. The number of hydrogen-bond acceptors (Lipinski definition) is 1. The van der Waals surface area contributed by atoms with Crippen LogP contribution in [0.1, 0.15) is 23.6 Å². The van der Waals surface area contributed by atoms with Gasteiger partial charge in [-0.2, -0.15) is 0 Å². The molecule has 2 nitrogen and oxygen atoms in total. The third kappa shape index (κ3) is 4.78. The minimum Gasteiger partial charge on any atom is -0.233 e. The van der Waals surface area contributed by atoms with Gasteiger partial charge >= 0.3 is 0 Å². The zero-order valence-electron chi connectivity index (χ0n) is 14.9. The lowest BCUT2D eigenvalue weighted by Gasteiger charge is -2.07. The molecule has 0 amide bonds. The summed E-state index contributed by atoms with van der Waals surface area (Å²) in [7, 11) is 0. The third-order valence-electron chi connectivity index (χ3n) is 3.99. The smallest absolute Gasteiger partial charge is 0.160 e. The molecule has 0 bridgehead atoms. The lowest BCUT2D eigenvalue weighted by Crippen LogP contribution is -2.04. The van der Waals surface area contributed by atoms with Crippen LogP contribution in [0.25, 0.3) is 5.70 Å². The first-order valence-electron chi connectivity index (χ1n) is 8.44. The van der Waals surface area contributed by atoms with E-state index >= 15 is 0 Å². The summed E-state index contributed by atoms with van der Waals surface area (Å²) in [4.78, 5) is 9.33. The molecule has 0 aliphatic rings. The highest BCUT2D eigenvalue weighted by Crippen LogP contribution is 2.19. The van der Waals surface area contributed by atoms with Crippen LogP contribution in [-0.4, -0.2) is 11.5 Å². The van der Waals surface area contributed by atoms with E-state index in [1.165, 1.54) is 6.07 Å². The van der Waals surface area contributed by atoms with Crippen LogP contribution in [0.3, 0.4) is 0 Å². The molecular formula is C23H18ClFN2. The van der Waals surface area contributed by atoms with Gasteiger partial charge in [-0.1, -0.05) is 84.9 Å². The summed E-state index contributed by atoms with van der Waals surface area (Å²) < 4.78 is 13.4. The summed E-state index contributed by atoms with van der Waals surface area (Å²) in [5.41, 5.74) is 3.81. The van der Waals surface area contributed by atoms with Crippen LogP contribution < -0.4 is 0 Å². The van der Waals surface area contributed by atoms with Gasteiger partial charge in [-0.3, -0.25) is 0 Å². The average molecular weight is 377 g/mol. The van der Waals surface area contributed by atoms with Gasteiger partial charge in [0.25, 0.3) is 0 Å². The van der Waals surface area contributed by atoms with E-state index in [0.717, 1.165) is 16.7 Å². The summed E-state index contributed by atoms with van der Waals surface area (Å²) >= 11 is 5.90. The fourth-order valence-corrected chi connectivity index (χ4v) is 2.69. The molecule has 3 aromatic carbocycles. The second kappa shape index (κ2) is 8.56. The Kier molecular flexibility index (Phi) is 5.94. The molecule has 0 saturated carbocycles. The van der Waals surface area contributed by atoms with Crippen molar-refractivity contribution in [3.8, 4) is 0 Å². The normalized spacial score (nSPS) is 12.1. The van der Waals surface area contributed by atoms with Gasteiger partial charge < -0.3 is 0 Å². The van der Waals surface area contributed by atoms with Crippen molar-refractivity contribution >= 4 is 28.8 Å². The lowest BCUT2D eigenvalue weighted by atomic mass is 10.1. The standard InChI is InChI=1S/C23H18ClFN2/c1-16(18-9-5-3-6-10-18)26-23(19-11-7-4-8-12-19)27-17(2)20-13-14-22(25)21(24)15-20/h3-15H,1H2,2H3. The van der Waals surface area contributed by atoms with Crippen molar-refractivity contribution in [1.82, 2.24) is 0 Å². The molecule has 0 spiro atoms. The van der Waals surface area contributed by atoms with Crippen LogP contribution >= 0.6 is 11.6 Å². The number of nitrogens with zero attached hydrogens (tertiary/aromatic N) is 2. The molecule has 0 saturated heterocycles. The molecule has 0 atom stereocenters. The van der Waals surface area contributed by atoms with Gasteiger partial charge in [-0.05, 0) is 30.2 Å². The maximum absolute atomic E-state index is 13.4. The number of hydrogen-bond donors (Lipinski definition) is 0. The Labute approximate surface area is 163 Å². The molecule has 27 heavy (non-hydrogen) atoms. The van der Waals surface area contributed by atoms with E-state index in [9.17, 15) is 4.39 Å². The summed E-state index contributed by atoms with van der Waals surface area (Å²) in [5, 5.41) is 0.0638. The zero-order chi connectivity index (χ0) is 19.2. The Balaban J connectivity index is 2.03. The van der Waals surface area contributed by atoms with E-state index < -0.39 is 5.82 Å². The van der Waals surface area contributed by atoms with Crippen molar-refractivity contribution in [2.75, 3.05) is 0 Å². The highest BCUT2D eigenvalue weighted by molar-refractivity contribution is 6.31. The van der Waals surface area contributed by atoms with Crippen molar-refractivity contribution in [1.29, 1.82) is 0 Å². The van der Waals surface area contributed by atoms with Crippen molar-refractivity contribution in [2.24, 2.45) is 9.98 Å². The van der Waals surface area contributed by atoms with Crippen LogP contribution in [0.4, 0.5) is 4.39 Å². The van der Waals surface area contributed by atoms with Gasteiger partial charge in [0.05, 0.1) is 10.7 Å². The van der Waals surface area contributed by atoms with E-state index in [4.69, 9.17) is 11.6 Å². The maximum Gasteiger partial charge on any atom is 0.160 e. The van der Waals surface area contributed by atoms with E-state index in [0.29, 0.717) is 17.2 Å². The Hall–Kier alpha value is -3.04. The van der Waals surface area contributed by atoms with Crippen molar-refractivity contribution in [2.45, 2.75) is 6.92 Å². The second-order valence-corrected chi connectivity index (χ2v) is 6.35. The Morgan fingerprint density at radius 1 is 0.815 bits per heavy atom. The van der Waals surface area contributed by atoms with Gasteiger partial charge in [-0.15, -0.1) is 0 Å². The molecular weight excluding hydrogens is 359 g/mol. The molecule has 0 heterocycles. The third-order valence-corrected chi connectivity index (χ3v) is 4.28. The molecule has 0 aromatic heterocycles. The zero-order valence-corrected chi connectivity index (χ0v) is 15.6. The van der Waals surface area contributed by atoms with Gasteiger partial charge in [-0.25, -0.2) is 14.4 Å². The van der Waals surface area contributed by atoms with Crippen molar-refractivity contribution in [3.05, 3.63) is 113 Å². The molecule has 0 aliphatic heterocycles. The quantitative estimate of drug-likeness (QED) is 0.371. The summed E-state index contributed by atoms with van der Waals surface area (Å²) in [6.45, 7) is 5.91. The minimum absolute atomic E-state index is 0.0638. The molecule has 0 unspecified atom stereocenters. The first-order valence-corrected chi connectivity index (χ1v) is 8.81. The van der Waals surface area contributed by atoms with Gasteiger partial charge in [0, 0.05) is 11.3 Å². The molecule has 0 aliphatic carbocycles.